The third-order valence-electron chi connectivity index (χ3n) is 4.32. The summed E-state index contributed by atoms with van der Waals surface area (Å²) >= 11 is 0. The average molecular weight is 385 g/mol. The smallest absolute Gasteiger partial charge is 0.407 e. The van der Waals surface area contributed by atoms with Gasteiger partial charge >= 0.3 is 12.1 Å². The topological polar surface area (TPSA) is 107 Å². The zero-order valence-corrected chi connectivity index (χ0v) is 15.6. The molecule has 0 spiro atoms. The van der Waals surface area contributed by atoms with Crippen LogP contribution in [0.3, 0.4) is 0 Å². The van der Waals surface area contributed by atoms with Crippen molar-refractivity contribution in [2.75, 3.05) is 48.3 Å². The first-order valence-corrected chi connectivity index (χ1v) is 9.05. The molecule has 0 aliphatic carbocycles. The first-order chi connectivity index (χ1) is 13.6. The number of anilines is 3. The molecule has 3 amide bonds. The minimum absolute atomic E-state index is 0.392. The van der Waals surface area contributed by atoms with E-state index in [4.69, 9.17) is 9.84 Å². The number of carbonyl (C=O) groups excluding carboxylic acids is 1. The van der Waals surface area contributed by atoms with Crippen LogP contribution in [0.15, 0.2) is 42.6 Å². The van der Waals surface area contributed by atoms with Gasteiger partial charge in [-0.25, -0.2) is 14.6 Å². The van der Waals surface area contributed by atoms with E-state index in [1.165, 1.54) is 4.90 Å². The quantitative estimate of drug-likeness (QED) is 0.731. The summed E-state index contributed by atoms with van der Waals surface area (Å²) in [6.07, 6.45) is 0.677. The van der Waals surface area contributed by atoms with Crippen LogP contribution in [-0.4, -0.2) is 59.9 Å². The van der Waals surface area contributed by atoms with Gasteiger partial charge in [0.15, 0.2) is 0 Å². The summed E-state index contributed by atoms with van der Waals surface area (Å²) in [5.41, 5.74) is 1.14. The Balaban J connectivity index is 1.56. The lowest BCUT2D eigenvalue weighted by Gasteiger charge is -2.33. The summed E-state index contributed by atoms with van der Waals surface area (Å²) in [6, 6.07) is 10.4. The van der Waals surface area contributed by atoms with Gasteiger partial charge in [0.2, 0.25) is 0 Å². The summed E-state index contributed by atoms with van der Waals surface area (Å²) in [5.74, 6) is 1.35. The molecule has 1 saturated heterocycles. The molecule has 1 aromatic heterocycles. The number of benzene rings is 1. The third kappa shape index (κ3) is 4.81. The van der Waals surface area contributed by atoms with Gasteiger partial charge in [-0.3, -0.25) is 0 Å². The predicted molar refractivity (Wildman–Crippen MR) is 106 cm³/mol. The lowest BCUT2D eigenvalue weighted by Crippen LogP contribution is -2.48. The molecule has 0 saturated carbocycles. The molecule has 0 unspecified atom stereocenters. The molecule has 1 fully saturated rings. The van der Waals surface area contributed by atoms with Crippen molar-refractivity contribution in [2.24, 2.45) is 0 Å². The zero-order valence-electron chi connectivity index (χ0n) is 15.6. The van der Waals surface area contributed by atoms with Crippen molar-refractivity contribution in [3.8, 4) is 5.75 Å². The van der Waals surface area contributed by atoms with E-state index < -0.39 is 12.1 Å². The van der Waals surface area contributed by atoms with Crippen LogP contribution in [0.25, 0.3) is 0 Å². The van der Waals surface area contributed by atoms with E-state index >= 15 is 0 Å². The van der Waals surface area contributed by atoms with Crippen LogP contribution < -0.4 is 20.3 Å². The summed E-state index contributed by atoms with van der Waals surface area (Å²) in [5, 5.41) is 14.5. The Morgan fingerprint density at radius 2 is 1.86 bits per heavy atom. The number of amides is 3. The number of urea groups is 1. The lowest BCUT2D eigenvalue weighted by molar-refractivity contribution is 0.142. The minimum Gasteiger partial charge on any atom is -0.492 e. The number of rotatable bonds is 5. The molecule has 0 atom stereocenters. The standard InChI is InChI=1S/C19H23N5O4/c1-2-28-16-6-4-3-5-15(16)22-18(25)21-14-7-8-17(20-13-14)23-9-11-24(12-10-23)19(26)27/h3-8,13H,2,9-12H2,1H3,(H,26,27)(H2,21,22,25). The largest absolute Gasteiger partial charge is 0.492 e. The summed E-state index contributed by atoms with van der Waals surface area (Å²) in [6.45, 7) is 4.44. The molecular weight excluding hydrogens is 362 g/mol. The lowest BCUT2D eigenvalue weighted by atomic mass is 10.3. The third-order valence-corrected chi connectivity index (χ3v) is 4.32. The summed E-state index contributed by atoms with van der Waals surface area (Å²) < 4.78 is 5.49. The number of aromatic nitrogens is 1. The Hall–Kier alpha value is -3.49. The van der Waals surface area contributed by atoms with Crippen LogP contribution in [0.5, 0.6) is 5.75 Å². The normalized spacial score (nSPS) is 13.8. The van der Waals surface area contributed by atoms with Gasteiger partial charge in [-0.05, 0) is 31.2 Å². The van der Waals surface area contributed by atoms with Crippen molar-refractivity contribution in [1.29, 1.82) is 0 Å². The van der Waals surface area contributed by atoms with Gasteiger partial charge in [0.25, 0.3) is 0 Å². The van der Waals surface area contributed by atoms with E-state index in [-0.39, 0.29) is 0 Å². The van der Waals surface area contributed by atoms with Crippen molar-refractivity contribution in [1.82, 2.24) is 9.88 Å². The molecule has 0 bridgehead atoms. The highest BCUT2D eigenvalue weighted by atomic mass is 16.5. The molecular formula is C19H23N5O4. The maximum atomic E-state index is 12.2. The van der Waals surface area contributed by atoms with E-state index in [0.29, 0.717) is 49.9 Å². The van der Waals surface area contributed by atoms with Crippen LogP contribution in [0, 0.1) is 0 Å². The van der Waals surface area contributed by atoms with Crippen LogP contribution in [0.1, 0.15) is 6.92 Å². The second-order valence-corrected chi connectivity index (χ2v) is 6.17. The molecule has 0 radical (unpaired) electrons. The molecule has 1 aliphatic heterocycles. The number of hydrogen-bond donors (Lipinski definition) is 3. The van der Waals surface area contributed by atoms with Gasteiger partial charge in [-0.15, -0.1) is 0 Å². The number of carbonyl (C=O) groups is 2. The number of hydrogen-bond acceptors (Lipinski definition) is 5. The van der Waals surface area contributed by atoms with Gasteiger partial charge in [0, 0.05) is 26.2 Å². The zero-order chi connectivity index (χ0) is 19.9. The van der Waals surface area contributed by atoms with Crippen molar-refractivity contribution in [3.63, 3.8) is 0 Å². The van der Waals surface area contributed by atoms with Gasteiger partial charge in [-0.1, -0.05) is 12.1 Å². The van der Waals surface area contributed by atoms with Crippen LogP contribution in [-0.2, 0) is 0 Å². The summed E-state index contributed by atoms with van der Waals surface area (Å²) in [4.78, 5) is 31.0. The van der Waals surface area contributed by atoms with Crippen molar-refractivity contribution < 1.29 is 19.4 Å². The Morgan fingerprint density at radius 1 is 1.11 bits per heavy atom. The summed E-state index contributed by atoms with van der Waals surface area (Å²) in [7, 11) is 0. The van der Waals surface area contributed by atoms with Crippen molar-refractivity contribution in [3.05, 3.63) is 42.6 Å². The number of nitrogens with zero attached hydrogens (tertiary/aromatic N) is 3. The molecule has 9 nitrogen and oxygen atoms in total. The van der Waals surface area contributed by atoms with E-state index in [1.54, 1.807) is 30.5 Å². The second-order valence-electron chi connectivity index (χ2n) is 6.17. The Morgan fingerprint density at radius 3 is 2.50 bits per heavy atom. The van der Waals surface area contributed by atoms with Gasteiger partial charge in [0.05, 0.1) is 24.2 Å². The highest BCUT2D eigenvalue weighted by molar-refractivity contribution is 6.00. The molecule has 1 aromatic carbocycles. The number of carboxylic acid groups (broad SMARTS) is 1. The highest BCUT2D eigenvalue weighted by Crippen LogP contribution is 2.24. The van der Waals surface area contributed by atoms with Gasteiger partial charge in [0.1, 0.15) is 11.6 Å². The Kier molecular flexibility index (Phi) is 6.15. The SMILES string of the molecule is CCOc1ccccc1NC(=O)Nc1ccc(N2CCN(C(=O)O)CC2)nc1. The fraction of sp³-hybridized carbons (Fsp3) is 0.316. The molecule has 3 rings (SSSR count). The number of pyridine rings is 1. The van der Waals surface area contributed by atoms with Crippen LogP contribution in [0.4, 0.5) is 26.8 Å². The minimum atomic E-state index is -0.899. The number of piperazine rings is 1. The van der Waals surface area contributed by atoms with E-state index in [2.05, 4.69) is 15.6 Å². The Bertz CT molecular complexity index is 819. The second kappa shape index (κ2) is 8.94. The molecule has 3 N–H and O–H groups in total. The highest BCUT2D eigenvalue weighted by Gasteiger charge is 2.21. The van der Waals surface area contributed by atoms with Crippen LogP contribution in [0.2, 0.25) is 0 Å². The first kappa shape index (κ1) is 19.3. The molecule has 148 valence electrons. The van der Waals surface area contributed by atoms with Gasteiger partial charge < -0.3 is 30.3 Å². The molecule has 9 heteroatoms. The van der Waals surface area contributed by atoms with E-state index in [0.717, 1.165) is 5.82 Å². The fourth-order valence-electron chi connectivity index (χ4n) is 2.91. The average Bonchev–Trinajstić information content (AvgIpc) is 2.70. The number of nitrogens with one attached hydrogen (secondary N) is 2. The van der Waals surface area contributed by atoms with Crippen molar-refractivity contribution >= 4 is 29.3 Å². The van der Waals surface area contributed by atoms with Crippen LogP contribution >= 0.6 is 0 Å². The maximum absolute atomic E-state index is 12.2. The van der Waals surface area contributed by atoms with Gasteiger partial charge in [-0.2, -0.15) is 0 Å². The van der Waals surface area contributed by atoms with E-state index in [1.807, 2.05) is 24.0 Å². The fourth-order valence-corrected chi connectivity index (χ4v) is 2.91. The molecule has 2 heterocycles. The number of ether oxygens (including phenoxy) is 1. The molecule has 2 aromatic rings. The molecule has 28 heavy (non-hydrogen) atoms. The van der Waals surface area contributed by atoms with E-state index in [9.17, 15) is 9.59 Å². The van der Waals surface area contributed by atoms with Crippen molar-refractivity contribution in [2.45, 2.75) is 6.92 Å². The number of para-hydroxylation sites is 2. The monoisotopic (exact) mass is 385 g/mol. The predicted octanol–water partition coefficient (Wildman–Crippen LogP) is 2.92. The molecule has 1 aliphatic rings. The maximum Gasteiger partial charge on any atom is 0.407 e. The Labute approximate surface area is 162 Å². The first-order valence-electron chi connectivity index (χ1n) is 9.05.